The highest BCUT2D eigenvalue weighted by atomic mass is 32.2. The molecule has 0 aromatic heterocycles. The van der Waals surface area contributed by atoms with Crippen molar-refractivity contribution >= 4 is 38.4 Å². The van der Waals surface area contributed by atoms with Gasteiger partial charge in [0.2, 0.25) is 0 Å². The maximum atomic E-state index is 13.4. The molecule has 0 N–H and O–H groups in total. The Morgan fingerprint density at radius 3 is 2.12 bits per heavy atom. The van der Waals surface area contributed by atoms with Gasteiger partial charge in [0.15, 0.2) is 15.0 Å². The van der Waals surface area contributed by atoms with Gasteiger partial charge in [-0.2, -0.15) is 31.3 Å². The Hall–Kier alpha value is -2.54. The number of amides is 1. The van der Waals surface area contributed by atoms with E-state index in [2.05, 4.69) is 4.99 Å². The number of thioether (sulfide) groups is 1. The first-order valence-electron chi connectivity index (χ1n) is 9.84. The number of nitrogens with zero attached hydrogens (tertiary/aromatic N) is 2. The largest absolute Gasteiger partial charge is 0.416 e. The van der Waals surface area contributed by atoms with E-state index < -0.39 is 62.0 Å². The number of fused-ring (bicyclic) bond motifs is 1. The van der Waals surface area contributed by atoms with Gasteiger partial charge in [0.05, 0.1) is 35.1 Å². The maximum absolute atomic E-state index is 13.4. The number of halogens is 6. The van der Waals surface area contributed by atoms with Crippen molar-refractivity contribution in [1.82, 2.24) is 0 Å². The van der Waals surface area contributed by atoms with Crippen molar-refractivity contribution in [1.29, 1.82) is 0 Å². The second-order valence-corrected chi connectivity index (χ2v) is 11.2. The van der Waals surface area contributed by atoms with Gasteiger partial charge in [0, 0.05) is 10.9 Å². The molecule has 0 unspecified atom stereocenters. The summed E-state index contributed by atoms with van der Waals surface area (Å²) in [6.45, 7) is 0. The Labute approximate surface area is 194 Å². The average molecular weight is 522 g/mol. The van der Waals surface area contributed by atoms with E-state index in [1.54, 1.807) is 30.3 Å². The second-order valence-electron chi connectivity index (χ2n) is 7.89. The molecule has 5 nitrogen and oxygen atoms in total. The molecule has 0 radical (unpaired) electrons. The topological polar surface area (TPSA) is 66.8 Å². The van der Waals surface area contributed by atoms with Crippen molar-refractivity contribution in [2.75, 3.05) is 16.4 Å². The number of alkyl halides is 6. The quantitative estimate of drug-likeness (QED) is 0.553. The lowest BCUT2D eigenvalue weighted by molar-refractivity contribution is -0.143. The minimum Gasteiger partial charge on any atom is -0.316 e. The van der Waals surface area contributed by atoms with Crippen molar-refractivity contribution in [3.8, 4) is 0 Å². The van der Waals surface area contributed by atoms with Crippen LogP contribution in [0.3, 0.4) is 0 Å². The van der Waals surface area contributed by atoms with Gasteiger partial charge in [-0.25, -0.2) is 8.42 Å². The molecule has 4 rings (SSSR count). The standard InChI is InChI=1S/C21H16F6N2O3S2/c22-20(23,24)13-7-14(21(25,26)27)9-15(8-13)29-16-10-34(31,32)11-17(16)33-19(29)28-18(30)6-12-4-2-1-3-5-12/h1-5,7-9,16-17H,6,10-11H2/t16-,17-/m1/s1. The molecular weight excluding hydrogens is 506 g/mol. The highest BCUT2D eigenvalue weighted by Crippen LogP contribution is 2.44. The summed E-state index contributed by atoms with van der Waals surface area (Å²) in [6, 6.07) is 8.53. The predicted octanol–water partition coefficient (Wildman–Crippen LogP) is 4.57. The fourth-order valence-corrected chi connectivity index (χ4v) is 7.79. The second kappa shape index (κ2) is 8.59. The normalized spacial score (nSPS) is 23.4. The van der Waals surface area contributed by atoms with Gasteiger partial charge in [-0.05, 0) is 23.8 Å². The van der Waals surface area contributed by atoms with E-state index in [4.69, 9.17) is 0 Å². The van der Waals surface area contributed by atoms with Gasteiger partial charge in [0.25, 0.3) is 5.91 Å². The number of benzene rings is 2. The zero-order valence-electron chi connectivity index (χ0n) is 17.1. The molecule has 1 amide bonds. The maximum Gasteiger partial charge on any atom is 0.416 e. The molecule has 2 aromatic rings. The predicted molar refractivity (Wildman–Crippen MR) is 115 cm³/mol. The molecule has 2 aliphatic rings. The Morgan fingerprint density at radius 2 is 1.56 bits per heavy atom. The van der Waals surface area contributed by atoms with Crippen molar-refractivity contribution in [3.63, 3.8) is 0 Å². The van der Waals surface area contributed by atoms with Gasteiger partial charge in [-0.15, -0.1) is 0 Å². The molecule has 2 atom stereocenters. The van der Waals surface area contributed by atoms with Gasteiger partial charge >= 0.3 is 12.4 Å². The van der Waals surface area contributed by atoms with Crippen LogP contribution >= 0.6 is 11.8 Å². The third-order valence-corrected chi connectivity index (χ3v) is 8.55. The molecule has 0 aliphatic carbocycles. The van der Waals surface area contributed by atoms with Crippen LogP contribution in [-0.4, -0.2) is 42.3 Å². The zero-order valence-corrected chi connectivity index (χ0v) is 18.7. The molecule has 0 spiro atoms. The summed E-state index contributed by atoms with van der Waals surface area (Å²) in [5.74, 6) is -1.46. The number of amidine groups is 1. The van der Waals surface area contributed by atoms with E-state index in [9.17, 15) is 39.6 Å². The van der Waals surface area contributed by atoms with Gasteiger partial charge < -0.3 is 4.90 Å². The highest BCUT2D eigenvalue weighted by Gasteiger charge is 2.50. The molecule has 2 heterocycles. The Kier molecular flexibility index (Phi) is 6.21. The number of sulfone groups is 1. The van der Waals surface area contributed by atoms with Crippen molar-refractivity contribution in [2.24, 2.45) is 4.99 Å². The minimum absolute atomic E-state index is 0.00698. The number of hydrogen-bond donors (Lipinski definition) is 0. The SMILES string of the molecule is O=C(Cc1ccccc1)N=C1S[C@@H]2CS(=O)(=O)C[C@H]2N1c1cc(C(F)(F)F)cc(C(F)(F)F)c1. The summed E-state index contributed by atoms with van der Waals surface area (Å²) in [5, 5.41) is -0.810. The molecule has 2 aliphatic heterocycles. The van der Waals surface area contributed by atoms with Gasteiger partial charge in [-0.1, -0.05) is 42.1 Å². The molecule has 34 heavy (non-hydrogen) atoms. The van der Waals surface area contributed by atoms with Crippen LogP contribution in [0.2, 0.25) is 0 Å². The van der Waals surface area contributed by atoms with Crippen LogP contribution in [0.15, 0.2) is 53.5 Å². The van der Waals surface area contributed by atoms with Gasteiger partial charge in [-0.3, -0.25) is 4.79 Å². The van der Waals surface area contributed by atoms with Crippen LogP contribution in [0.1, 0.15) is 16.7 Å². The number of aliphatic imine (C=N–C) groups is 1. The van der Waals surface area contributed by atoms with E-state index >= 15 is 0 Å². The Balaban J connectivity index is 1.79. The molecule has 2 aromatic carbocycles. The van der Waals surface area contributed by atoms with Crippen LogP contribution in [0.4, 0.5) is 32.0 Å². The van der Waals surface area contributed by atoms with Crippen LogP contribution in [-0.2, 0) is 33.4 Å². The summed E-state index contributed by atoms with van der Waals surface area (Å²) in [6.07, 6.45) is -10.3. The fourth-order valence-electron chi connectivity index (χ4n) is 3.86. The fraction of sp³-hybridized carbons (Fsp3) is 0.333. The third kappa shape index (κ3) is 5.24. The molecule has 2 saturated heterocycles. The summed E-state index contributed by atoms with van der Waals surface area (Å²) < 4.78 is 105. The van der Waals surface area contributed by atoms with Crippen LogP contribution in [0.25, 0.3) is 0 Å². The molecule has 0 saturated carbocycles. The number of hydrogen-bond acceptors (Lipinski definition) is 4. The van der Waals surface area contributed by atoms with Crippen molar-refractivity contribution < 1.29 is 39.6 Å². The highest BCUT2D eigenvalue weighted by molar-refractivity contribution is 8.16. The summed E-state index contributed by atoms with van der Waals surface area (Å²) in [4.78, 5) is 17.5. The minimum atomic E-state index is -5.08. The van der Waals surface area contributed by atoms with E-state index in [-0.39, 0.29) is 23.4 Å². The number of carbonyl (C=O) groups excluding carboxylic acids is 1. The molecule has 182 valence electrons. The summed E-state index contributed by atoms with van der Waals surface area (Å²) in [5.41, 5.74) is -2.98. The first-order chi connectivity index (χ1) is 15.7. The molecule has 0 bridgehead atoms. The smallest absolute Gasteiger partial charge is 0.316 e. The van der Waals surface area contributed by atoms with E-state index in [0.29, 0.717) is 17.7 Å². The Morgan fingerprint density at radius 1 is 0.971 bits per heavy atom. The van der Waals surface area contributed by atoms with Crippen LogP contribution < -0.4 is 4.90 Å². The molecule has 2 fully saturated rings. The van der Waals surface area contributed by atoms with Gasteiger partial charge in [0.1, 0.15) is 0 Å². The average Bonchev–Trinajstić information content (AvgIpc) is 3.17. The first-order valence-corrected chi connectivity index (χ1v) is 12.5. The zero-order chi connectivity index (χ0) is 24.9. The van der Waals surface area contributed by atoms with E-state index in [0.717, 1.165) is 16.7 Å². The number of rotatable bonds is 3. The van der Waals surface area contributed by atoms with Crippen LogP contribution in [0.5, 0.6) is 0 Å². The van der Waals surface area contributed by atoms with E-state index in [1.807, 2.05) is 0 Å². The summed E-state index contributed by atoms with van der Waals surface area (Å²) in [7, 11) is -3.57. The lowest BCUT2D eigenvalue weighted by Gasteiger charge is -2.26. The first kappa shape index (κ1) is 24.6. The lowest BCUT2D eigenvalue weighted by atomic mass is 10.1. The summed E-state index contributed by atoms with van der Waals surface area (Å²) >= 11 is 0.866. The number of anilines is 1. The molecule has 13 heteroatoms. The Bertz CT molecular complexity index is 1210. The lowest BCUT2D eigenvalue weighted by Crippen LogP contribution is -2.38. The van der Waals surface area contributed by atoms with Crippen molar-refractivity contribution in [2.45, 2.75) is 30.1 Å². The third-order valence-electron chi connectivity index (χ3n) is 5.34. The molecular formula is C21H16F6N2O3S2. The van der Waals surface area contributed by atoms with E-state index in [1.165, 1.54) is 0 Å². The monoisotopic (exact) mass is 522 g/mol. The number of carbonyl (C=O) groups is 1. The van der Waals surface area contributed by atoms with Crippen molar-refractivity contribution in [3.05, 3.63) is 65.2 Å². The van der Waals surface area contributed by atoms with Crippen LogP contribution in [0, 0.1) is 0 Å².